The Hall–Kier alpha value is -3.00. The molecule has 8 heteroatoms. The number of hydrogen-bond donors (Lipinski definition) is 2. The van der Waals surface area contributed by atoms with Crippen molar-refractivity contribution in [2.24, 2.45) is 5.73 Å². The number of nitrogens with zero attached hydrogens (tertiary/aromatic N) is 2. The fraction of sp³-hybridized carbons (Fsp3) is 0.393. The highest BCUT2D eigenvalue weighted by Crippen LogP contribution is 2.32. The Labute approximate surface area is 215 Å². The molecule has 1 aromatic carbocycles. The number of nitrogens with two attached hydrogens (primary N) is 1. The van der Waals surface area contributed by atoms with Crippen LogP contribution in [0.3, 0.4) is 0 Å². The third-order valence-corrected chi connectivity index (χ3v) is 6.90. The summed E-state index contributed by atoms with van der Waals surface area (Å²) in [6, 6.07) is 11.5. The second-order valence-electron chi connectivity index (χ2n) is 9.89. The lowest BCUT2D eigenvalue weighted by Gasteiger charge is -2.19. The van der Waals surface area contributed by atoms with Crippen LogP contribution in [0.25, 0.3) is 22.0 Å². The van der Waals surface area contributed by atoms with E-state index in [9.17, 15) is 13.2 Å². The topological polar surface area (TPSA) is 75.7 Å². The van der Waals surface area contributed by atoms with Gasteiger partial charge in [-0.05, 0) is 53.0 Å². The van der Waals surface area contributed by atoms with Gasteiger partial charge in [0, 0.05) is 5.56 Å². The maximum Gasteiger partial charge on any atom is 0.430 e. The van der Waals surface area contributed by atoms with Crippen molar-refractivity contribution in [3.8, 4) is 22.0 Å². The van der Waals surface area contributed by atoms with Crippen LogP contribution in [0, 0.1) is 5.41 Å². The first-order valence-corrected chi connectivity index (χ1v) is 13.0. The van der Waals surface area contributed by atoms with Gasteiger partial charge in [0.15, 0.2) is 5.82 Å². The molecule has 0 aliphatic heterocycles. The van der Waals surface area contributed by atoms with Crippen molar-refractivity contribution < 1.29 is 13.2 Å². The summed E-state index contributed by atoms with van der Waals surface area (Å²) >= 11 is 1.53. The Morgan fingerprint density at radius 2 is 1.72 bits per heavy atom. The highest BCUT2D eigenvalue weighted by atomic mass is 32.1. The van der Waals surface area contributed by atoms with Crippen LogP contribution in [-0.2, 0) is 11.8 Å². The first-order chi connectivity index (χ1) is 16.9. The average molecular weight is 515 g/mol. The SMILES string of the molecule is CCCCCCc1ccsc1-c1cc(C(=N)C=C(N)C(F)(F)F)nc(-c2ccc(C(C)(C)C)cc2)n1. The van der Waals surface area contributed by atoms with E-state index >= 15 is 0 Å². The maximum absolute atomic E-state index is 13.0. The largest absolute Gasteiger partial charge is 0.430 e. The molecule has 0 saturated heterocycles. The zero-order valence-corrected chi connectivity index (χ0v) is 22.0. The predicted octanol–water partition coefficient (Wildman–Crippen LogP) is 8.07. The molecule has 3 aromatic rings. The van der Waals surface area contributed by atoms with Crippen molar-refractivity contribution in [3.63, 3.8) is 0 Å². The third-order valence-electron chi connectivity index (χ3n) is 5.92. The molecule has 36 heavy (non-hydrogen) atoms. The number of thiophene rings is 1. The highest BCUT2D eigenvalue weighted by molar-refractivity contribution is 7.13. The summed E-state index contributed by atoms with van der Waals surface area (Å²) in [6.45, 7) is 8.53. The van der Waals surface area contributed by atoms with Crippen LogP contribution < -0.4 is 5.73 Å². The molecule has 4 nitrogen and oxygen atoms in total. The van der Waals surface area contributed by atoms with E-state index in [1.54, 1.807) is 6.07 Å². The molecule has 0 fully saturated rings. The molecule has 0 aliphatic rings. The van der Waals surface area contributed by atoms with Gasteiger partial charge in [0.25, 0.3) is 0 Å². The average Bonchev–Trinajstić information content (AvgIpc) is 3.29. The molecule has 0 radical (unpaired) electrons. The molecular weight excluding hydrogens is 481 g/mol. The van der Waals surface area contributed by atoms with Gasteiger partial charge < -0.3 is 5.73 Å². The zero-order chi connectivity index (χ0) is 26.5. The van der Waals surface area contributed by atoms with E-state index in [1.165, 1.54) is 17.8 Å². The summed E-state index contributed by atoms with van der Waals surface area (Å²) in [7, 11) is 0. The van der Waals surface area contributed by atoms with Crippen LogP contribution in [0.15, 0.2) is 53.6 Å². The van der Waals surface area contributed by atoms with Gasteiger partial charge in [-0.25, -0.2) is 9.97 Å². The lowest BCUT2D eigenvalue weighted by molar-refractivity contribution is -0.0925. The Balaban J connectivity index is 2.07. The van der Waals surface area contributed by atoms with Gasteiger partial charge in [-0.2, -0.15) is 13.2 Å². The molecule has 0 bridgehead atoms. The van der Waals surface area contributed by atoms with Gasteiger partial charge >= 0.3 is 6.18 Å². The third kappa shape index (κ3) is 7.03. The Morgan fingerprint density at radius 3 is 2.33 bits per heavy atom. The number of hydrogen-bond acceptors (Lipinski definition) is 5. The van der Waals surface area contributed by atoms with Gasteiger partial charge in [-0.15, -0.1) is 11.3 Å². The van der Waals surface area contributed by atoms with Crippen LogP contribution >= 0.6 is 11.3 Å². The number of nitrogens with one attached hydrogen (secondary N) is 1. The lowest BCUT2D eigenvalue weighted by Crippen LogP contribution is -2.21. The fourth-order valence-electron chi connectivity index (χ4n) is 3.76. The van der Waals surface area contributed by atoms with Gasteiger partial charge in [0.05, 0.1) is 22.0 Å². The molecule has 0 unspecified atom stereocenters. The van der Waals surface area contributed by atoms with Crippen molar-refractivity contribution in [1.29, 1.82) is 5.41 Å². The van der Waals surface area contributed by atoms with Crippen LogP contribution in [0.4, 0.5) is 13.2 Å². The fourth-order valence-corrected chi connectivity index (χ4v) is 4.68. The number of aromatic nitrogens is 2. The summed E-state index contributed by atoms with van der Waals surface area (Å²) in [5.41, 5.74) is 7.11. The van der Waals surface area contributed by atoms with Crippen molar-refractivity contribution in [1.82, 2.24) is 9.97 Å². The summed E-state index contributed by atoms with van der Waals surface area (Å²) in [6.07, 6.45) is 1.31. The first-order valence-electron chi connectivity index (χ1n) is 12.1. The molecule has 0 saturated carbocycles. The number of aryl methyl sites for hydroxylation is 1. The smallest absolute Gasteiger partial charge is 0.395 e. The summed E-state index contributed by atoms with van der Waals surface area (Å²) < 4.78 is 39.0. The first kappa shape index (κ1) is 27.6. The van der Waals surface area contributed by atoms with Crippen molar-refractivity contribution >= 4 is 17.0 Å². The molecule has 0 aliphatic carbocycles. The molecule has 3 N–H and O–H groups in total. The standard InChI is InChI=1S/C28H33F3N4S/c1-5-6-7-8-9-18-14-15-36-25(18)23-17-22(21(32)16-24(33)28(29,30)31)34-26(35-23)19-10-12-20(13-11-19)27(2,3)4/h10-17,32H,5-9,33H2,1-4H3. The lowest BCUT2D eigenvalue weighted by atomic mass is 9.86. The molecule has 2 heterocycles. The van der Waals surface area contributed by atoms with Crippen molar-refractivity contribution in [2.75, 3.05) is 0 Å². The summed E-state index contributed by atoms with van der Waals surface area (Å²) in [4.78, 5) is 10.2. The molecule has 192 valence electrons. The normalized spacial score (nSPS) is 12.7. The van der Waals surface area contributed by atoms with Gasteiger partial charge in [-0.1, -0.05) is 71.2 Å². The van der Waals surface area contributed by atoms with E-state index in [0.29, 0.717) is 17.6 Å². The van der Waals surface area contributed by atoms with Gasteiger partial charge in [-0.3, -0.25) is 5.41 Å². The highest BCUT2D eigenvalue weighted by Gasteiger charge is 2.32. The minimum Gasteiger partial charge on any atom is -0.395 e. The quantitative estimate of drug-likeness (QED) is 0.224. The van der Waals surface area contributed by atoms with Gasteiger partial charge in [0.1, 0.15) is 5.70 Å². The zero-order valence-electron chi connectivity index (χ0n) is 21.2. The van der Waals surface area contributed by atoms with E-state index in [-0.39, 0.29) is 11.1 Å². The molecular formula is C28H33F3N4S. The number of unbranched alkanes of at least 4 members (excludes halogenated alkanes) is 3. The van der Waals surface area contributed by atoms with Crippen LogP contribution in [0.5, 0.6) is 0 Å². The van der Waals surface area contributed by atoms with E-state index in [1.807, 2.05) is 29.6 Å². The molecule has 3 rings (SSSR count). The van der Waals surface area contributed by atoms with Crippen LogP contribution in [0.2, 0.25) is 0 Å². The minimum atomic E-state index is -4.72. The number of halogens is 3. The number of benzene rings is 1. The monoisotopic (exact) mass is 514 g/mol. The summed E-state index contributed by atoms with van der Waals surface area (Å²) in [5.74, 6) is 0.358. The van der Waals surface area contributed by atoms with E-state index < -0.39 is 17.6 Å². The Bertz CT molecular complexity index is 1220. The van der Waals surface area contributed by atoms with Gasteiger partial charge in [0.2, 0.25) is 0 Å². The van der Waals surface area contributed by atoms with Crippen LogP contribution in [-0.4, -0.2) is 21.9 Å². The predicted molar refractivity (Wildman–Crippen MR) is 142 cm³/mol. The van der Waals surface area contributed by atoms with Crippen molar-refractivity contribution in [3.05, 3.63) is 70.4 Å². The second-order valence-corrected chi connectivity index (χ2v) is 10.8. The Kier molecular flexibility index (Phi) is 8.71. The second kappa shape index (κ2) is 11.4. The maximum atomic E-state index is 13.0. The van der Waals surface area contributed by atoms with E-state index in [0.717, 1.165) is 47.3 Å². The molecule has 2 aromatic heterocycles. The summed E-state index contributed by atoms with van der Waals surface area (Å²) in [5, 5.41) is 10.3. The van der Waals surface area contributed by atoms with E-state index in [4.69, 9.17) is 16.1 Å². The Morgan fingerprint density at radius 1 is 1.03 bits per heavy atom. The number of alkyl halides is 3. The molecule has 0 amide bonds. The molecule has 0 spiro atoms. The molecule has 0 atom stereocenters. The van der Waals surface area contributed by atoms with Crippen LogP contribution in [0.1, 0.15) is 70.2 Å². The minimum absolute atomic E-state index is 0.0297. The number of allylic oxidation sites excluding steroid dienone is 2. The van der Waals surface area contributed by atoms with E-state index in [2.05, 4.69) is 38.7 Å². The van der Waals surface area contributed by atoms with Crippen molar-refractivity contribution in [2.45, 2.75) is 71.4 Å². The number of rotatable bonds is 9.